The molecule has 5 rings (SSSR count). The van der Waals surface area contributed by atoms with E-state index < -0.39 is 0 Å². The Morgan fingerprint density at radius 1 is 0.708 bits per heavy atom. The Kier molecular flexibility index (Phi) is 2.76. The molecule has 0 N–H and O–H groups in total. The van der Waals surface area contributed by atoms with Gasteiger partial charge in [-0.3, -0.25) is 0 Å². The van der Waals surface area contributed by atoms with Crippen LogP contribution in [0.25, 0.3) is 38.9 Å². The lowest BCUT2D eigenvalue weighted by atomic mass is 10.2. The smallest absolute Gasteiger partial charge is 0.247 e. The number of nitrogens with zero attached hydrogens (tertiary/aromatic N) is 3. The Bertz CT molecular complexity index is 1090. The number of para-hydroxylation sites is 2. The number of hydrogen-bond donors (Lipinski definition) is 0. The molecule has 2 aromatic heterocycles. The van der Waals surface area contributed by atoms with Crippen molar-refractivity contribution < 1.29 is 4.42 Å². The van der Waals surface area contributed by atoms with Crippen molar-refractivity contribution in [2.75, 3.05) is 0 Å². The van der Waals surface area contributed by atoms with Gasteiger partial charge >= 0.3 is 0 Å². The van der Waals surface area contributed by atoms with E-state index in [1.54, 1.807) is 0 Å². The van der Waals surface area contributed by atoms with E-state index in [1.807, 2.05) is 12.1 Å². The van der Waals surface area contributed by atoms with E-state index in [1.165, 1.54) is 28.2 Å². The maximum Gasteiger partial charge on any atom is 0.247 e. The molecule has 3 aromatic carbocycles. The fourth-order valence-corrected chi connectivity index (χ4v) is 3.25. The van der Waals surface area contributed by atoms with Crippen LogP contribution in [-0.2, 0) is 0 Å². The largest absolute Gasteiger partial charge is 0.423 e. The van der Waals surface area contributed by atoms with Gasteiger partial charge in [-0.15, -0.1) is 10.2 Å². The van der Waals surface area contributed by atoms with Crippen LogP contribution in [0.2, 0.25) is 0 Å². The Labute approximate surface area is 138 Å². The number of aromatic nitrogens is 3. The summed E-state index contributed by atoms with van der Waals surface area (Å²) in [4.78, 5) is 0. The predicted octanol–water partition coefficient (Wildman–Crippen LogP) is 4.83. The molecule has 0 amide bonds. The monoisotopic (exact) mass is 311 g/mol. The quantitative estimate of drug-likeness (QED) is 0.469. The van der Waals surface area contributed by atoms with Crippen LogP contribution in [0.3, 0.4) is 0 Å². The molecule has 4 nitrogen and oxygen atoms in total. The SMILES string of the molecule is c1ccc2c(c1)c1ccccc1n2-c1ccc(-c2nnco2)cc1. The first-order chi connectivity index (χ1) is 11.9. The summed E-state index contributed by atoms with van der Waals surface area (Å²) >= 11 is 0. The van der Waals surface area contributed by atoms with E-state index in [-0.39, 0.29) is 0 Å². The number of rotatable bonds is 2. The number of benzene rings is 3. The van der Waals surface area contributed by atoms with Crippen LogP contribution in [-0.4, -0.2) is 14.8 Å². The number of hydrogen-bond acceptors (Lipinski definition) is 3. The van der Waals surface area contributed by atoms with Gasteiger partial charge in [0.15, 0.2) is 0 Å². The van der Waals surface area contributed by atoms with Gasteiger partial charge in [0.05, 0.1) is 11.0 Å². The highest BCUT2D eigenvalue weighted by Crippen LogP contribution is 2.32. The third-order valence-electron chi connectivity index (χ3n) is 4.31. The Hall–Kier alpha value is -3.40. The molecule has 0 fully saturated rings. The molecule has 114 valence electrons. The van der Waals surface area contributed by atoms with Crippen LogP contribution < -0.4 is 0 Å². The second-order valence-corrected chi connectivity index (χ2v) is 5.66. The molecule has 24 heavy (non-hydrogen) atoms. The van der Waals surface area contributed by atoms with Crippen LogP contribution in [0.5, 0.6) is 0 Å². The van der Waals surface area contributed by atoms with E-state index >= 15 is 0 Å². The van der Waals surface area contributed by atoms with Crippen LogP contribution >= 0.6 is 0 Å². The summed E-state index contributed by atoms with van der Waals surface area (Å²) in [5.74, 6) is 0.531. The maximum absolute atomic E-state index is 5.26. The normalized spacial score (nSPS) is 11.3. The summed E-state index contributed by atoms with van der Waals surface area (Å²) in [5.41, 5.74) is 4.42. The van der Waals surface area contributed by atoms with Crippen molar-refractivity contribution in [1.82, 2.24) is 14.8 Å². The molecule has 0 bridgehead atoms. The van der Waals surface area contributed by atoms with Gasteiger partial charge in [-0.05, 0) is 36.4 Å². The third kappa shape index (κ3) is 1.86. The fraction of sp³-hybridized carbons (Fsp3) is 0. The first kappa shape index (κ1) is 13.1. The minimum atomic E-state index is 0.531. The maximum atomic E-state index is 5.26. The van der Waals surface area contributed by atoms with Gasteiger partial charge in [0.2, 0.25) is 12.3 Å². The molecule has 0 aliphatic heterocycles. The lowest BCUT2D eigenvalue weighted by molar-refractivity contribution is 0.568. The van der Waals surface area contributed by atoms with Gasteiger partial charge in [-0.1, -0.05) is 36.4 Å². The van der Waals surface area contributed by atoms with E-state index in [0.717, 1.165) is 11.3 Å². The second-order valence-electron chi connectivity index (χ2n) is 5.66. The highest BCUT2D eigenvalue weighted by Gasteiger charge is 2.11. The summed E-state index contributed by atoms with van der Waals surface area (Å²) in [6, 6.07) is 25.1. The van der Waals surface area contributed by atoms with Crippen molar-refractivity contribution in [3.8, 4) is 17.1 Å². The second kappa shape index (κ2) is 5.06. The molecule has 0 radical (unpaired) electrons. The molecule has 2 heterocycles. The average molecular weight is 311 g/mol. The molecule has 0 aliphatic carbocycles. The topological polar surface area (TPSA) is 43.9 Å². The zero-order valence-corrected chi connectivity index (χ0v) is 12.8. The highest BCUT2D eigenvalue weighted by atomic mass is 16.4. The molecule has 0 unspecified atom stereocenters. The average Bonchev–Trinajstić information content (AvgIpc) is 3.28. The molecule has 0 saturated carbocycles. The van der Waals surface area contributed by atoms with Crippen molar-refractivity contribution >= 4 is 21.8 Å². The Morgan fingerprint density at radius 2 is 1.33 bits per heavy atom. The van der Waals surface area contributed by atoms with Gasteiger partial charge < -0.3 is 8.98 Å². The fourth-order valence-electron chi connectivity index (χ4n) is 3.25. The van der Waals surface area contributed by atoms with E-state index in [9.17, 15) is 0 Å². The first-order valence-corrected chi connectivity index (χ1v) is 7.77. The Balaban J connectivity index is 1.76. The molecular formula is C20H13N3O. The molecule has 0 aliphatic rings. The van der Waals surface area contributed by atoms with Gasteiger partial charge in [-0.2, -0.15) is 0 Å². The molecule has 4 heteroatoms. The summed E-state index contributed by atoms with van der Waals surface area (Å²) in [6.45, 7) is 0. The summed E-state index contributed by atoms with van der Waals surface area (Å²) < 4.78 is 7.54. The molecule has 0 spiro atoms. The van der Waals surface area contributed by atoms with Crippen LogP contribution in [0.1, 0.15) is 0 Å². The molecule has 5 aromatic rings. The van der Waals surface area contributed by atoms with E-state index in [2.05, 4.69) is 75.4 Å². The minimum Gasteiger partial charge on any atom is -0.423 e. The predicted molar refractivity (Wildman–Crippen MR) is 94.1 cm³/mol. The van der Waals surface area contributed by atoms with Gasteiger partial charge in [0.25, 0.3) is 0 Å². The summed E-state index contributed by atoms with van der Waals surface area (Å²) in [6.07, 6.45) is 1.34. The van der Waals surface area contributed by atoms with Gasteiger partial charge in [0.1, 0.15) is 0 Å². The molecule has 0 saturated heterocycles. The standard InChI is InChI=1S/C20H13N3O/c1-3-7-18-16(5-1)17-6-2-4-8-19(17)23(18)15-11-9-14(10-12-15)20-22-21-13-24-20/h1-13H. The van der Waals surface area contributed by atoms with Crippen molar-refractivity contribution in [2.45, 2.75) is 0 Å². The minimum absolute atomic E-state index is 0.531. The van der Waals surface area contributed by atoms with Crippen LogP contribution in [0, 0.1) is 0 Å². The van der Waals surface area contributed by atoms with Crippen molar-refractivity contribution in [1.29, 1.82) is 0 Å². The number of fused-ring (bicyclic) bond motifs is 3. The molecular weight excluding hydrogens is 298 g/mol. The van der Waals surface area contributed by atoms with E-state index in [4.69, 9.17) is 4.42 Å². The summed E-state index contributed by atoms with van der Waals surface area (Å²) in [7, 11) is 0. The first-order valence-electron chi connectivity index (χ1n) is 7.77. The van der Waals surface area contributed by atoms with Crippen molar-refractivity contribution in [3.63, 3.8) is 0 Å². The summed E-state index contributed by atoms with van der Waals surface area (Å²) in [5, 5.41) is 10.2. The third-order valence-corrected chi connectivity index (χ3v) is 4.31. The lowest BCUT2D eigenvalue weighted by Gasteiger charge is -2.08. The van der Waals surface area contributed by atoms with E-state index in [0.29, 0.717) is 5.89 Å². The van der Waals surface area contributed by atoms with Crippen LogP contribution in [0.15, 0.2) is 83.6 Å². The lowest BCUT2D eigenvalue weighted by Crippen LogP contribution is -1.93. The van der Waals surface area contributed by atoms with Gasteiger partial charge in [0, 0.05) is 22.0 Å². The van der Waals surface area contributed by atoms with Crippen LogP contribution in [0.4, 0.5) is 0 Å². The zero-order valence-electron chi connectivity index (χ0n) is 12.8. The zero-order chi connectivity index (χ0) is 15.9. The van der Waals surface area contributed by atoms with Crippen molar-refractivity contribution in [3.05, 3.63) is 79.2 Å². The van der Waals surface area contributed by atoms with Gasteiger partial charge in [-0.25, -0.2) is 0 Å². The Morgan fingerprint density at radius 3 is 1.92 bits per heavy atom. The highest BCUT2D eigenvalue weighted by molar-refractivity contribution is 6.09. The van der Waals surface area contributed by atoms with Crippen molar-refractivity contribution in [2.24, 2.45) is 0 Å². The molecule has 0 atom stereocenters.